The summed E-state index contributed by atoms with van der Waals surface area (Å²) in [6.07, 6.45) is 0. The van der Waals surface area contributed by atoms with E-state index in [0.29, 0.717) is 11.3 Å². The Morgan fingerprint density at radius 3 is 2.69 bits per heavy atom. The van der Waals surface area contributed by atoms with E-state index in [0.717, 1.165) is 10.8 Å². The molecule has 3 heteroatoms. The van der Waals surface area contributed by atoms with Crippen LogP contribution in [0.1, 0.15) is 10.4 Å². The van der Waals surface area contributed by atoms with E-state index < -0.39 is 6.61 Å². The van der Waals surface area contributed by atoms with E-state index in [2.05, 4.69) is 0 Å². The van der Waals surface area contributed by atoms with Gasteiger partial charge in [0.2, 0.25) is 0 Å². The van der Waals surface area contributed by atoms with Crippen LogP contribution in [0.4, 0.5) is 0 Å². The van der Waals surface area contributed by atoms with Gasteiger partial charge in [-0.15, -0.1) is 0 Å². The summed E-state index contributed by atoms with van der Waals surface area (Å²) in [6.45, 7) is -0.510. The van der Waals surface area contributed by atoms with Crippen LogP contribution >= 0.6 is 0 Å². The average molecular weight is 216 g/mol. The first-order chi connectivity index (χ1) is 7.77. The number of aliphatic hydroxyl groups is 1. The highest BCUT2D eigenvalue weighted by molar-refractivity contribution is 6.11. The van der Waals surface area contributed by atoms with Crippen molar-refractivity contribution in [3.63, 3.8) is 0 Å². The van der Waals surface area contributed by atoms with Gasteiger partial charge in [-0.25, -0.2) is 0 Å². The molecule has 1 N–H and O–H groups in total. The van der Waals surface area contributed by atoms with Crippen molar-refractivity contribution in [2.24, 2.45) is 0 Å². The fourth-order valence-corrected chi connectivity index (χ4v) is 1.79. The predicted molar refractivity (Wildman–Crippen MR) is 61.9 cm³/mol. The normalized spacial score (nSPS) is 10.4. The van der Waals surface area contributed by atoms with Gasteiger partial charge in [0.25, 0.3) is 0 Å². The fraction of sp³-hybridized carbons (Fsp3) is 0.154. The quantitative estimate of drug-likeness (QED) is 0.798. The van der Waals surface area contributed by atoms with Crippen molar-refractivity contribution in [3.05, 3.63) is 42.0 Å². The zero-order valence-electron chi connectivity index (χ0n) is 8.93. The van der Waals surface area contributed by atoms with Gasteiger partial charge in [0.15, 0.2) is 5.78 Å². The summed E-state index contributed by atoms with van der Waals surface area (Å²) in [5, 5.41) is 10.7. The van der Waals surface area contributed by atoms with Crippen LogP contribution in [-0.2, 0) is 0 Å². The Morgan fingerprint density at radius 1 is 1.25 bits per heavy atom. The van der Waals surface area contributed by atoms with Gasteiger partial charge >= 0.3 is 0 Å². The third-order valence-electron chi connectivity index (χ3n) is 2.53. The first kappa shape index (κ1) is 10.6. The molecule has 82 valence electrons. The van der Waals surface area contributed by atoms with Gasteiger partial charge in [-0.05, 0) is 16.8 Å². The van der Waals surface area contributed by atoms with Crippen molar-refractivity contribution in [1.82, 2.24) is 0 Å². The standard InChI is InChI=1S/C13H12O3/c1-16-12-7-6-9-4-2-3-5-10(9)13(12)11(15)8-14/h2-7,14H,8H2,1H3. The maximum absolute atomic E-state index is 11.7. The highest BCUT2D eigenvalue weighted by Crippen LogP contribution is 2.28. The minimum absolute atomic E-state index is 0.325. The Balaban J connectivity index is 2.78. The Morgan fingerprint density at radius 2 is 2.00 bits per heavy atom. The lowest BCUT2D eigenvalue weighted by Crippen LogP contribution is -2.07. The minimum Gasteiger partial charge on any atom is -0.496 e. The maximum Gasteiger partial charge on any atom is 0.192 e. The molecule has 0 bridgehead atoms. The van der Waals surface area contributed by atoms with Crippen molar-refractivity contribution in [2.45, 2.75) is 0 Å². The van der Waals surface area contributed by atoms with Crippen molar-refractivity contribution >= 4 is 16.6 Å². The van der Waals surface area contributed by atoms with Gasteiger partial charge in [-0.3, -0.25) is 4.79 Å². The molecule has 0 spiro atoms. The average Bonchev–Trinajstić information content (AvgIpc) is 2.36. The number of carbonyl (C=O) groups is 1. The molecule has 0 aliphatic heterocycles. The molecule has 16 heavy (non-hydrogen) atoms. The van der Waals surface area contributed by atoms with Gasteiger partial charge in [0.05, 0.1) is 12.7 Å². The second-order valence-corrected chi connectivity index (χ2v) is 3.45. The maximum atomic E-state index is 11.7. The topological polar surface area (TPSA) is 46.5 Å². The second kappa shape index (κ2) is 4.33. The van der Waals surface area contributed by atoms with Crippen LogP contribution in [0.2, 0.25) is 0 Å². The number of Topliss-reactive ketones (excluding diaryl/α,β-unsaturated/α-hetero) is 1. The van der Waals surface area contributed by atoms with Crippen LogP contribution in [-0.4, -0.2) is 24.6 Å². The van der Waals surface area contributed by atoms with Crippen molar-refractivity contribution < 1.29 is 14.6 Å². The highest BCUT2D eigenvalue weighted by atomic mass is 16.5. The molecule has 2 rings (SSSR count). The van der Waals surface area contributed by atoms with Gasteiger partial charge in [0.1, 0.15) is 12.4 Å². The highest BCUT2D eigenvalue weighted by Gasteiger charge is 2.14. The van der Waals surface area contributed by atoms with Crippen LogP contribution in [0, 0.1) is 0 Å². The predicted octanol–water partition coefficient (Wildman–Crippen LogP) is 2.02. The van der Waals surface area contributed by atoms with Crippen molar-refractivity contribution in [1.29, 1.82) is 0 Å². The van der Waals surface area contributed by atoms with E-state index >= 15 is 0 Å². The van der Waals surface area contributed by atoms with Crippen LogP contribution in [0.25, 0.3) is 10.8 Å². The van der Waals surface area contributed by atoms with Gasteiger partial charge in [0, 0.05) is 0 Å². The molecule has 0 saturated heterocycles. The summed E-state index contributed by atoms with van der Waals surface area (Å²) in [5.41, 5.74) is 0.447. The molecule has 0 aliphatic carbocycles. The van der Waals surface area contributed by atoms with Gasteiger partial charge < -0.3 is 9.84 Å². The van der Waals surface area contributed by atoms with Crippen molar-refractivity contribution in [2.75, 3.05) is 13.7 Å². The summed E-state index contributed by atoms with van der Waals surface area (Å²) in [4.78, 5) is 11.7. The number of hydrogen-bond acceptors (Lipinski definition) is 3. The van der Waals surface area contributed by atoms with E-state index in [1.54, 1.807) is 6.07 Å². The SMILES string of the molecule is COc1ccc2ccccc2c1C(=O)CO. The van der Waals surface area contributed by atoms with Crippen LogP contribution in [0.15, 0.2) is 36.4 Å². The third kappa shape index (κ3) is 1.66. The summed E-state index contributed by atoms with van der Waals surface area (Å²) in [7, 11) is 1.51. The number of hydrogen-bond donors (Lipinski definition) is 1. The molecule has 0 atom stereocenters. The first-order valence-electron chi connectivity index (χ1n) is 4.97. The number of methoxy groups -OCH3 is 1. The summed E-state index contributed by atoms with van der Waals surface area (Å²) >= 11 is 0. The molecule has 0 saturated carbocycles. The molecular weight excluding hydrogens is 204 g/mol. The molecule has 2 aromatic rings. The number of benzene rings is 2. The molecular formula is C13H12O3. The molecule has 0 aliphatic rings. The number of carbonyl (C=O) groups excluding carboxylic acids is 1. The fourth-order valence-electron chi connectivity index (χ4n) is 1.79. The smallest absolute Gasteiger partial charge is 0.192 e. The molecule has 0 unspecified atom stereocenters. The zero-order chi connectivity index (χ0) is 11.5. The first-order valence-corrected chi connectivity index (χ1v) is 4.97. The van der Waals surface area contributed by atoms with Crippen LogP contribution in [0.5, 0.6) is 5.75 Å². The number of fused-ring (bicyclic) bond motifs is 1. The lowest BCUT2D eigenvalue weighted by molar-refractivity contribution is 0.0902. The Bertz CT molecular complexity index is 532. The molecule has 0 fully saturated rings. The summed E-state index contributed by atoms with van der Waals surface area (Å²) < 4.78 is 5.14. The van der Waals surface area contributed by atoms with E-state index in [9.17, 15) is 4.79 Å². The lowest BCUT2D eigenvalue weighted by atomic mass is 10.0. The van der Waals surface area contributed by atoms with E-state index in [4.69, 9.17) is 9.84 Å². The number of ether oxygens (including phenoxy) is 1. The largest absolute Gasteiger partial charge is 0.496 e. The molecule has 2 aromatic carbocycles. The Kier molecular flexibility index (Phi) is 2.88. The molecule has 0 heterocycles. The monoisotopic (exact) mass is 216 g/mol. The zero-order valence-corrected chi connectivity index (χ0v) is 8.93. The van der Waals surface area contributed by atoms with E-state index in [1.807, 2.05) is 30.3 Å². The Hall–Kier alpha value is -1.87. The number of aliphatic hydroxyl groups excluding tert-OH is 1. The molecule has 3 nitrogen and oxygen atoms in total. The molecule has 0 aromatic heterocycles. The third-order valence-corrected chi connectivity index (χ3v) is 2.53. The molecule has 0 radical (unpaired) electrons. The second-order valence-electron chi connectivity index (χ2n) is 3.45. The Labute approximate surface area is 93.3 Å². The van der Waals surface area contributed by atoms with Crippen molar-refractivity contribution in [3.8, 4) is 5.75 Å². The van der Waals surface area contributed by atoms with Crippen LogP contribution in [0.3, 0.4) is 0 Å². The van der Waals surface area contributed by atoms with E-state index in [-0.39, 0.29) is 5.78 Å². The summed E-state index contributed by atoms with van der Waals surface area (Å²) in [6, 6.07) is 11.2. The van der Waals surface area contributed by atoms with E-state index in [1.165, 1.54) is 7.11 Å². The van der Waals surface area contributed by atoms with Crippen LogP contribution < -0.4 is 4.74 Å². The lowest BCUT2D eigenvalue weighted by Gasteiger charge is -2.09. The number of ketones is 1. The molecule has 0 amide bonds. The minimum atomic E-state index is -0.510. The summed E-state index contributed by atoms with van der Waals surface area (Å²) in [5.74, 6) is 0.173. The van der Waals surface area contributed by atoms with Gasteiger partial charge in [-0.1, -0.05) is 30.3 Å². The number of rotatable bonds is 3. The van der Waals surface area contributed by atoms with Gasteiger partial charge in [-0.2, -0.15) is 0 Å².